The average Bonchev–Trinajstić information content (AvgIpc) is 3.10. The molecule has 3 rings (SSSR count). The third-order valence-electron chi connectivity index (χ3n) is 3.80. The maximum Gasteiger partial charge on any atom is 0.223 e. The lowest BCUT2D eigenvalue weighted by atomic mass is 10.1. The Hall–Kier alpha value is -2.38. The topological polar surface area (TPSA) is 85.6 Å². The SMILES string of the molecule is COc1cccc(-c2cc(CNC(=O)CC3CNCCO3)on2)c1. The van der Waals surface area contributed by atoms with Crippen LogP contribution in [0, 0.1) is 0 Å². The van der Waals surface area contributed by atoms with E-state index < -0.39 is 0 Å². The summed E-state index contributed by atoms with van der Waals surface area (Å²) in [4.78, 5) is 11.9. The fraction of sp³-hybridized carbons (Fsp3) is 0.412. The second-order valence-electron chi connectivity index (χ2n) is 5.59. The minimum absolute atomic E-state index is 0.0666. The number of amides is 1. The molecule has 0 radical (unpaired) electrons. The molecule has 1 atom stereocenters. The van der Waals surface area contributed by atoms with E-state index in [1.807, 2.05) is 30.3 Å². The molecule has 1 amide bonds. The van der Waals surface area contributed by atoms with Crippen LogP contribution in [0.15, 0.2) is 34.9 Å². The van der Waals surface area contributed by atoms with E-state index in [0.29, 0.717) is 37.6 Å². The summed E-state index contributed by atoms with van der Waals surface area (Å²) in [5.74, 6) is 1.29. The number of carbonyl (C=O) groups excluding carboxylic acids is 1. The molecule has 128 valence electrons. The van der Waals surface area contributed by atoms with Crippen molar-refractivity contribution in [2.75, 3.05) is 26.8 Å². The number of rotatable bonds is 6. The Labute approximate surface area is 140 Å². The lowest BCUT2D eigenvalue weighted by Gasteiger charge is -2.22. The molecule has 1 aromatic carbocycles. The summed E-state index contributed by atoms with van der Waals surface area (Å²) in [5, 5.41) is 10.1. The standard InChI is InChI=1S/C17H21N3O4/c1-22-13-4-2-3-12(7-13)16-8-15(24-20-16)11-19-17(21)9-14-10-18-5-6-23-14/h2-4,7-8,14,18H,5-6,9-11H2,1H3,(H,19,21). The summed E-state index contributed by atoms with van der Waals surface area (Å²) in [6.45, 7) is 2.48. The molecule has 1 aromatic heterocycles. The largest absolute Gasteiger partial charge is 0.497 e. The van der Waals surface area contributed by atoms with Gasteiger partial charge in [-0.3, -0.25) is 4.79 Å². The number of nitrogens with zero attached hydrogens (tertiary/aromatic N) is 1. The Morgan fingerprint density at radius 1 is 1.46 bits per heavy atom. The van der Waals surface area contributed by atoms with Crippen molar-refractivity contribution in [3.63, 3.8) is 0 Å². The number of aromatic nitrogens is 1. The number of morpholine rings is 1. The molecule has 0 spiro atoms. The highest BCUT2D eigenvalue weighted by Gasteiger charge is 2.17. The van der Waals surface area contributed by atoms with Crippen molar-refractivity contribution < 1.29 is 18.8 Å². The molecule has 1 aliphatic heterocycles. The van der Waals surface area contributed by atoms with Gasteiger partial charge in [0.15, 0.2) is 5.76 Å². The summed E-state index contributed by atoms with van der Waals surface area (Å²) in [5.41, 5.74) is 1.61. The van der Waals surface area contributed by atoms with Gasteiger partial charge in [0.25, 0.3) is 0 Å². The average molecular weight is 331 g/mol. The van der Waals surface area contributed by atoms with Gasteiger partial charge in [-0.2, -0.15) is 0 Å². The smallest absolute Gasteiger partial charge is 0.223 e. The number of ether oxygens (including phenoxy) is 2. The van der Waals surface area contributed by atoms with E-state index in [1.54, 1.807) is 7.11 Å². The highest BCUT2D eigenvalue weighted by molar-refractivity contribution is 5.76. The van der Waals surface area contributed by atoms with Crippen LogP contribution in [-0.4, -0.2) is 44.0 Å². The van der Waals surface area contributed by atoms with Gasteiger partial charge in [-0.15, -0.1) is 0 Å². The fourth-order valence-corrected chi connectivity index (χ4v) is 2.53. The minimum Gasteiger partial charge on any atom is -0.497 e. The Bertz CT molecular complexity index is 680. The summed E-state index contributed by atoms with van der Waals surface area (Å²) < 4.78 is 16.0. The predicted octanol–water partition coefficient (Wildman–Crippen LogP) is 1.34. The Morgan fingerprint density at radius 3 is 3.17 bits per heavy atom. The van der Waals surface area contributed by atoms with Crippen LogP contribution in [0.4, 0.5) is 0 Å². The van der Waals surface area contributed by atoms with Gasteiger partial charge in [-0.1, -0.05) is 17.3 Å². The Kier molecular flexibility index (Phi) is 5.45. The van der Waals surface area contributed by atoms with Crippen LogP contribution < -0.4 is 15.4 Å². The third-order valence-corrected chi connectivity index (χ3v) is 3.80. The van der Waals surface area contributed by atoms with Crippen LogP contribution in [0.3, 0.4) is 0 Å². The molecule has 0 aliphatic carbocycles. The lowest BCUT2D eigenvalue weighted by Crippen LogP contribution is -2.41. The number of methoxy groups -OCH3 is 1. The van der Waals surface area contributed by atoms with Crippen molar-refractivity contribution in [1.29, 1.82) is 0 Å². The van der Waals surface area contributed by atoms with Crippen LogP contribution in [0.5, 0.6) is 5.75 Å². The van der Waals surface area contributed by atoms with Crippen LogP contribution in [0.25, 0.3) is 11.3 Å². The van der Waals surface area contributed by atoms with Crippen molar-refractivity contribution >= 4 is 5.91 Å². The zero-order valence-corrected chi connectivity index (χ0v) is 13.6. The molecule has 7 nitrogen and oxygen atoms in total. The van der Waals surface area contributed by atoms with E-state index in [1.165, 1.54) is 0 Å². The Balaban J connectivity index is 1.53. The monoisotopic (exact) mass is 331 g/mol. The minimum atomic E-state index is -0.0687. The Morgan fingerprint density at radius 2 is 2.38 bits per heavy atom. The summed E-state index contributed by atoms with van der Waals surface area (Å²) in [6, 6.07) is 9.38. The third kappa shape index (κ3) is 4.33. The number of nitrogens with one attached hydrogen (secondary N) is 2. The molecule has 0 saturated carbocycles. The second kappa shape index (κ2) is 7.94. The van der Waals surface area contributed by atoms with E-state index in [-0.39, 0.29) is 12.0 Å². The highest BCUT2D eigenvalue weighted by atomic mass is 16.5. The fourth-order valence-electron chi connectivity index (χ4n) is 2.53. The first kappa shape index (κ1) is 16.5. The van der Waals surface area contributed by atoms with Gasteiger partial charge in [-0.05, 0) is 12.1 Å². The molecule has 2 N–H and O–H groups in total. The van der Waals surface area contributed by atoms with Gasteiger partial charge in [-0.25, -0.2) is 0 Å². The van der Waals surface area contributed by atoms with Gasteiger partial charge in [0.1, 0.15) is 11.4 Å². The van der Waals surface area contributed by atoms with Crippen LogP contribution in [-0.2, 0) is 16.1 Å². The van der Waals surface area contributed by atoms with Gasteiger partial charge >= 0.3 is 0 Å². The lowest BCUT2D eigenvalue weighted by molar-refractivity contribution is -0.124. The van der Waals surface area contributed by atoms with Gasteiger partial charge < -0.3 is 24.6 Å². The van der Waals surface area contributed by atoms with Crippen molar-refractivity contribution in [1.82, 2.24) is 15.8 Å². The first-order chi connectivity index (χ1) is 11.7. The molecule has 7 heteroatoms. The zero-order chi connectivity index (χ0) is 16.8. The maximum absolute atomic E-state index is 11.9. The molecule has 1 aliphatic rings. The molecule has 24 heavy (non-hydrogen) atoms. The number of carbonyl (C=O) groups is 1. The molecule has 1 fully saturated rings. The van der Waals surface area contributed by atoms with Crippen molar-refractivity contribution in [2.45, 2.75) is 19.1 Å². The van der Waals surface area contributed by atoms with E-state index in [2.05, 4.69) is 15.8 Å². The van der Waals surface area contributed by atoms with Gasteiger partial charge in [0, 0.05) is 24.7 Å². The number of hydrogen-bond donors (Lipinski definition) is 2. The normalized spacial score (nSPS) is 17.5. The zero-order valence-electron chi connectivity index (χ0n) is 13.6. The van der Waals surface area contributed by atoms with Crippen molar-refractivity contribution in [3.8, 4) is 17.0 Å². The molecule has 1 saturated heterocycles. The molecular weight excluding hydrogens is 310 g/mol. The van der Waals surface area contributed by atoms with Crippen molar-refractivity contribution in [3.05, 3.63) is 36.1 Å². The molecular formula is C17H21N3O4. The second-order valence-corrected chi connectivity index (χ2v) is 5.59. The van der Waals surface area contributed by atoms with E-state index >= 15 is 0 Å². The molecule has 1 unspecified atom stereocenters. The maximum atomic E-state index is 11.9. The first-order valence-electron chi connectivity index (χ1n) is 7.93. The van der Waals surface area contributed by atoms with E-state index in [9.17, 15) is 4.79 Å². The van der Waals surface area contributed by atoms with Crippen LogP contribution in [0.1, 0.15) is 12.2 Å². The van der Waals surface area contributed by atoms with Gasteiger partial charge in [0.05, 0.1) is 32.8 Å². The van der Waals surface area contributed by atoms with E-state index in [0.717, 1.165) is 17.9 Å². The quantitative estimate of drug-likeness (QED) is 0.831. The number of benzene rings is 1. The van der Waals surface area contributed by atoms with Crippen LogP contribution in [0.2, 0.25) is 0 Å². The molecule has 2 heterocycles. The number of hydrogen-bond acceptors (Lipinski definition) is 6. The molecule has 0 bridgehead atoms. The molecule has 2 aromatic rings. The van der Waals surface area contributed by atoms with Crippen LogP contribution >= 0.6 is 0 Å². The van der Waals surface area contributed by atoms with Gasteiger partial charge in [0.2, 0.25) is 5.91 Å². The summed E-state index contributed by atoms with van der Waals surface area (Å²) in [7, 11) is 1.62. The van der Waals surface area contributed by atoms with Crippen molar-refractivity contribution in [2.24, 2.45) is 0 Å². The highest BCUT2D eigenvalue weighted by Crippen LogP contribution is 2.23. The first-order valence-corrected chi connectivity index (χ1v) is 7.93. The summed E-state index contributed by atoms with van der Waals surface area (Å²) >= 11 is 0. The predicted molar refractivity (Wildman–Crippen MR) is 87.6 cm³/mol. The summed E-state index contributed by atoms with van der Waals surface area (Å²) in [6.07, 6.45) is 0.268. The van der Waals surface area contributed by atoms with E-state index in [4.69, 9.17) is 14.0 Å².